The lowest BCUT2D eigenvalue weighted by molar-refractivity contribution is 0.639. The molecule has 1 aromatic rings. The Labute approximate surface area is 101 Å². The van der Waals surface area contributed by atoms with Gasteiger partial charge in [0.15, 0.2) is 11.0 Å². The summed E-state index contributed by atoms with van der Waals surface area (Å²) < 4.78 is 0. The van der Waals surface area contributed by atoms with Crippen molar-refractivity contribution in [1.29, 1.82) is 0 Å². The van der Waals surface area contributed by atoms with Crippen molar-refractivity contribution in [1.82, 2.24) is 10.2 Å². The Morgan fingerprint density at radius 2 is 2.06 bits per heavy atom. The van der Waals surface area contributed by atoms with Crippen LogP contribution in [0.3, 0.4) is 0 Å². The number of nitrogens with zero attached hydrogens (tertiary/aromatic N) is 2. The van der Waals surface area contributed by atoms with Gasteiger partial charge in [0.25, 0.3) is 0 Å². The highest BCUT2D eigenvalue weighted by atomic mass is 35.5. The van der Waals surface area contributed by atoms with Crippen LogP contribution in [0.15, 0.2) is 12.2 Å². The number of hydrogen-bond acceptors (Lipinski definition) is 3. The average Bonchev–Trinajstić information content (AvgIpc) is 2.31. The highest BCUT2D eigenvalue weighted by Gasteiger charge is 2.13. The van der Waals surface area contributed by atoms with Gasteiger partial charge in [0.2, 0.25) is 0 Å². The van der Waals surface area contributed by atoms with Crippen LogP contribution in [0.2, 0.25) is 5.15 Å². The van der Waals surface area contributed by atoms with Gasteiger partial charge in [-0.3, -0.25) is 0 Å². The first-order chi connectivity index (χ1) is 7.68. The van der Waals surface area contributed by atoms with Gasteiger partial charge in [0, 0.05) is 6.04 Å². The minimum absolute atomic E-state index is 0.471. The zero-order valence-electron chi connectivity index (χ0n) is 9.63. The third kappa shape index (κ3) is 2.35. The van der Waals surface area contributed by atoms with Gasteiger partial charge in [-0.25, -0.2) is 0 Å². The molecule has 1 aliphatic carbocycles. The van der Waals surface area contributed by atoms with E-state index >= 15 is 0 Å². The van der Waals surface area contributed by atoms with Crippen LogP contribution in [0.5, 0.6) is 0 Å². The molecule has 1 aromatic heterocycles. The summed E-state index contributed by atoms with van der Waals surface area (Å²) in [5.74, 6) is 0.863. The van der Waals surface area contributed by atoms with Gasteiger partial charge in [-0.05, 0) is 44.2 Å². The van der Waals surface area contributed by atoms with E-state index in [4.69, 9.17) is 11.6 Å². The van der Waals surface area contributed by atoms with Crippen LogP contribution in [-0.2, 0) is 0 Å². The summed E-state index contributed by atoms with van der Waals surface area (Å²) in [5, 5.41) is 12.0. The second-order valence-corrected chi connectivity index (χ2v) is 4.57. The molecule has 16 heavy (non-hydrogen) atoms. The number of nitrogens with one attached hydrogen (secondary N) is 1. The van der Waals surface area contributed by atoms with Crippen LogP contribution >= 0.6 is 11.6 Å². The number of allylic oxidation sites excluding steroid dienone is 1. The summed E-state index contributed by atoms with van der Waals surface area (Å²) in [6.45, 7) is 4.00. The van der Waals surface area contributed by atoms with Crippen molar-refractivity contribution in [3.05, 3.63) is 28.4 Å². The summed E-state index contributed by atoms with van der Waals surface area (Å²) in [4.78, 5) is 0. The second kappa shape index (κ2) is 4.83. The van der Waals surface area contributed by atoms with E-state index in [1.54, 1.807) is 0 Å². The van der Waals surface area contributed by atoms with Crippen LogP contribution < -0.4 is 5.32 Å². The predicted molar refractivity (Wildman–Crippen MR) is 66.9 cm³/mol. The molecule has 2 rings (SSSR count). The maximum Gasteiger partial charge on any atom is 0.155 e. The zero-order valence-corrected chi connectivity index (χ0v) is 10.4. The Bertz CT molecular complexity index is 415. The molecule has 1 atom stereocenters. The van der Waals surface area contributed by atoms with E-state index in [0.29, 0.717) is 11.2 Å². The molecule has 0 radical (unpaired) electrons. The maximum atomic E-state index is 5.92. The molecule has 0 saturated heterocycles. The summed E-state index contributed by atoms with van der Waals surface area (Å²) in [5.41, 5.74) is 2.10. The number of hydrogen-bond donors (Lipinski definition) is 1. The summed E-state index contributed by atoms with van der Waals surface area (Å²) in [7, 11) is 0. The first kappa shape index (κ1) is 11.4. The monoisotopic (exact) mass is 237 g/mol. The van der Waals surface area contributed by atoms with E-state index in [2.05, 4.69) is 27.7 Å². The van der Waals surface area contributed by atoms with Gasteiger partial charge in [0.05, 0.1) is 0 Å². The van der Waals surface area contributed by atoms with E-state index in [1.165, 1.54) is 0 Å². The van der Waals surface area contributed by atoms with Crippen LogP contribution in [0, 0.1) is 13.8 Å². The normalized spacial score (nSPS) is 19.8. The molecule has 1 aliphatic rings. The topological polar surface area (TPSA) is 37.8 Å². The lowest BCUT2D eigenvalue weighted by Gasteiger charge is -2.21. The highest BCUT2D eigenvalue weighted by Crippen LogP contribution is 2.23. The van der Waals surface area contributed by atoms with E-state index in [-0.39, 0.29) is 0 Å². The highest BCUT2D eigenvalue weighted by molar-refractivity contribution is 6.30. The molecule has 0 bridgehead atoms. The fourth-order valence-electron chi connectivity index (χ4n) is 1.83. The molecule has 1 unspecified atom stereocenters. The van der Waals surface area contributed by atoms with Gasteiger partial charge < -0.3 is 5.32 Å². The molecule has 0 amide bonds. The SMILES string of the molecule is Cc1c(Cl)nnc(NC2CC=CCC2)c1C. The van der Waals surface area contributed by atoms with Crippen LogP contribution in [-0.4, -0.2) is 16.2 Å². The molecule has 0 aliphatic heterocycles. The molecular weight excluding hydrogens is 222 g/mol. The standard InChI is InChI=1S/C12H16ClN3/c1-8-9(2)12(16-15-11(8)13)14-10-6-4-3-5-7-10/h3-4,10H,5-7H2,1-2H3,(H,14,16). The molecule has 0 aromatic carbocycles. The van der Waals surface area contributed by atoms with Crippen molar-refractivity contribution in [2.75, 3.05) is 5.32 Å². The van der Waals surface area contributed by atoms with E-state index in [9.17, 15) is 0 Å². The molecular formula is C12H16ClN3. The van der Waals surface area contributed by atoms with E-state index < -0.39 is 0 Å². The molecule has 86 valence electrons. The van der Waals surface area contributed by atoms with Crippen molar-refractivity contribution < 1.29 is 0 Å². The minimum atomic E-state index is 0.471. The number of rotatable bonds is 2. The summed E-state index contributed by atoms with van der Waals surface area (Å²) in [6.07, 6.45) is 7.79. The van der Waals surface area contributed by atoms with Crippen LogP contribution in [0.4, 0.5) is 5.82 Å². The van der Waals surface area contributed by atoms with Gasteiger partial charge in [0.1, 0.15) is 0 Å². The lowest BCUT2D eigenvalue weighted by Crippen LogP contribution is -2.22. The fraction of sp³-hybridized carbons (Fsp3) is 0.500. The van der Waals surface area contributed by atoms with Crippen molar-refractivity contribution in [2.24, 2.45) is 0 Å². The minimum Gasteiger partial charge on any atom is -0.365 e. The van der Waals surface area contributed by atoms with Crippen molar-refractivity contribution in [2.45, 2.75) is 39.2 Å². The zero-order chi connectivity index (χ0) is 11.5. The molecule has 3 nitrogen and oxygen atoms in total. The Hall–Kier alpha value is -1.09. The predicted octanol–water partition coefficient (Wildman–Crippen LogP) is 3.27. The Balaban J connectivity index is 2.15. The van der Waals surface area contributed by atoms with Gasteiger partial charge in [-0.1, -0.05) is 23.8 Å². The first-order valence-electron chi connectivity index (χ1n) is 5.59. The summed E-state index contributed by atoms with van der Waals surface area (Å²) >= 11 is 5.92. The molecule has 0 saturated carbocycles. The fourth-order valence-corrected chi connectivity index (χ4v) is 2.01. The van der Waals surface area contributed by atoms with Crippen molar-refractivity contribution in [3.63, 3.8) is 0 Å². The van der Waals surface area contributed by atoms with Gasteiger partial charge in [-0.2, -0.15) is 0 Å². The molecule has 1 heterocycles. The van der Waals surface area contributed by atoms with Crippen LogP contribution in [0.1, 0.15) is 30.4 Å². The third-order valence-corrected chi connectivity index (χ3v) is 3.43. The second-order valence-electron chi connectivity index (χ2n) is 4.22. The first-order valence-corrected chi connectivity index (χ1v) is 5.97. The largest absolute Gasteiger partial charge is 0.365 e. The number of halogens is 1. The Morgan fingerprint density at radius 1 is 1.25 bits per heavy atom. The lowest BCUT2D eigenvalue weighted by atomic mass is 10.0. The molecule has 1 N–H and O–H groups in total. The number of aromatic nitrogens is 2. The smallest absolute Gasteiger partial charge is 0.155 e. The Kier molecular flexibility index (Phi) is 3.44. The van der Waals surface area contributed by atoms with Crippen molar-refractivity contribution in [3.8, 4) is 0 Å². The van der Waals surface area contributed by atoms with Gasteiger partial charge in [-0.15, -0.1) is 10.2 Å². The van der Waals surface area contributed by atoms with Crippen LogP contribution in [0.25, 0.3) is 0 Å². The maximum absolute atomic E-state index is 5.92. The van der Waals surface area contributed by atoms with E-state index in [0.717, 1.165) is 36.2 Å². The molecule has 4 heteroatoms. The molecule has 0 fully saturated rings. The van der Waals surface area contributed by atoms with E-state index in [1.807, 2.05) is 13.8 Å². The Morgan fingerprint density at radius 3 is 2.75 bits per heavy atom. The molecule has 0 spiro atoms. The van der Waals surface area contributed by atoms with Crippen molar-refractivity contribution >= 4 is 17.4 Å². The number of anilines is 1. The quantitative estimate of drug-likeness (QED) is 0.803. The van der Waals surface area contributed by atoms with Gasteiger partial charge >= 0.3 is 0 Å². The third-order valence-electron chi connectivity index (χ3n) is 3.07. The average molecular weight is 238 g/mol. The summed E-state index contributed by atoms with van der Waals surface area (Å²) in [6, 6.07) is 0.471.